The molecule has 1 aromatic carbocycles. The van der Waals surface area contributed by atoms with Crippen molar-refractivity contribution in [2.75, 3.05) is 18.0 Å². The third kappa shape index (κ3) is 3.68. The summed E-state index contributed by atoms with van der Waals surface area (Å²) in [6.07, 6.45) is 3.50. The van der Waals surface area contributed by atoms with Gasteiger partial charge in [-0.3, -0.25) is 0 Å². The first-order valence-corrected chi connectivity index (χ1v) is 9.77. The summed E-state index contributed by atoms with van der Waals surface area (Å²) in [5.41, 5.74) is 2.76. The van der Waals surface area contributed by atoms with Crippen LogP contribution in [0.25, 0.3) is 27.9 Å². The van der Waals surface area contributed by atoms with Crippen molar-refractivity contribution in [3.8, 4) is 11.4 Å². The van der Waals surface area contributed by atoms with Gasteiger partial charge in [0.05, 0.1) is 5.52 Å². The number of nitrogens with one attached hydrogen (secondary N) is 1. The molecular formula is C21H23ClFN7. The minimum atomic E-state index is -0.441. The summed E-state index contributed by atoms with van der Waals surface area (Å²) in [5, 5.41) is 8.71. The fourth-order valence-electron chi connectivity index (χ4n) is 4.07. The third-order valence-corrected chi connectivity index (χ3v) is 5.24. The summed E-state index contributed by atoms with van der Waals surface area (Å²) in [6, 6.07) is 8.50. The molecule has 0 saturated carbocycles. The van der Waals surface area contributed by atoms with E-state index in [0.29, 0.717) is 29.3 Å². The predicted octanol–water partition coefficient (Wildman–Crippen LogP) is 3.40. The van der Waals surface area contributed by atoms with E-state index in [1.54, 1.807) is 19.3 Å². The van der Waals surface area contributed by atoms with Crippen molar-refractivity contribution in [3.63, 3.8) is 0 Å². The van der Waals surface area contributed by atoms with Crippen LogP contribution < -0.4 is 10.2 Å². The van der Waals surface area contributed by atoms with Gasteiger partial charge in [-0.2, -0.15) is 5.10 Å². The molecule has 1 aliphatic heterocycles. The molecule has 3 aromatic heterocycles. The Kier molecular flexibility index (Phi) is 5.29. The van der Waals surface area contributed by atoms with Crippen LogP contribution in [0.15, 0.2) is 36.7 Å². The Morgan fingerprint density at radius 3 is 2.63 bits per heavy atom. The SMILES string of the molecule is Cc1nc2c(F)cc(-c3ncc4cc(N5C[C@H](C)N[C@@H](C)C5)ccc4n3)cn2n1.Cl. The Bertz CT molecular complexity index is 1210. The highest BCUT2D eigenvalue weighted by atomic mass is 35.5. The fourth-order valence-corrected chi connectivity index (χ4v) is 4.07. The van der Waals surface area contributed by atoms with Gasteiger partial charge in [0.25, 0.3) is 0 Å². The number of pyridine rings is 1. The minimum absolute atomic E-state index is 0. The molecule has 0 amide bonds. The van der Waals surface area contributed by atoms with E-state index in [-0.39, 0.29) is 18.1 Å². The van der Waals surface area contributed by atoms with Crippen LogP contribution in [0.3, 0.4) is 0 Å². The second kappa shape index (κ2) is 7.77. The minimum Gasteiger partial charge on any atom is -0.368 e. The number of hydrogen-bond acceptors (Lipinski definition) is 6. The maximum atomic E-state index is 14.4. The molecule has 1 saturated heterocycles. The molecule has 7 nitrogen and oxygen atoms in total. The van der Waals surface area contributed by atoms with E-state index in [1.807, 2.05) is 6.07 Å². The number of hydrogen-bond donors (Lipinski definition) is 1. The average Bonchev–Trinajstić information content (AvgIpc) is 3.07. The molecule has 30 heavy (non-hydrogen) atoms. The smallest absolute Gasteiger partial charge is 0.191 e. The molecule has 0 unspecified atom stereocenters. The zero-order valence-corrected chi connectivity index (χ0v) is 17.8. The summed E-state index contributed by atoms with van der Waals surface area (Å²) >= 11 is 0. The predicted molar refractivity (Wildman–Crippen MR) is 118 cm³/mol. The fraction of sp³-hybridized carbons (Fsp3) is 0.333. The maximum absolute atomic E-state index is 14.4. The van der Waals surface area contributed by atoms with E-state index in [2.05, 4.69) is 56.2 Å². The van der Waals surface area contributed by atoms with Crippen LogP contribution in [-0.4, -0.2) is 49.7 Å². The lowest BCUT2D eigenvalue weighted by Gasteiger charge is -2.37. The van der Waals surface area contributed by atoms with E-state index in [0.717, 1.165) is 24.0 Å². The first-order chi connectivity index (χ1) is 14.0. The van der Waals surface area contributed by atoms with Crippen LogP contribution in [0.2, 0.25) is 0 Å². The lowest BCUT2D eigenvalue weighted by molar-refractivity contribution is 0.407. The van der Waals surface area contributed by atoms with Crippen LogP contribution in [0.1, 0.15) is 19.7 Å². The van der Waals surface area contributed by atoms with E-state index < -0.39 is 5.82 Å². The molecule has 5 rings (SSSR count). The number of aryl methyl sites for hydroxylation is 1. The normalized spacial score (nSPS) is 19.3. The summed E-state index contributed by atoms with van der Waals surface area (Å²) in [5.74, 6) is 0.539. The zero-order valence-electron chi connectivity index (χ0n) is 17.0. The molecule has 0 bridgehead atoms. The van der Waals surface area contributed by atoms with Gasteiger partial charge in [0.2, 0.25) is 0 Å². The van der Waals surface area contributed by atoms with Crippen LogP contribution >= 0.6 is 12.4 Å². The van der Waals surface area contributed by atoms with E-state index in [4.69, 9.17) is 0 Å². The number of benzene rings is 1. The first-order valence-electron chi connectivity index (χ1n) is 9.77. The van der Waals surface area contributed by atoms with E-state index in [9.17, 15) is 4.39 Å². The summed E-state index contributed by atoms with van der Waals surface area (Å²) in [4.78, 5) is 15.6. The van der Waals surface area contributed by atoms with Crippen molar-refractivity contribution in [1.82, 2.24) is 29.9 Å². The number of nitrogens with zero attached hydrogens (tertiary/aromatic N) is 6. The van der Waals surface area contributed by atoms with Crippen molar-refractivity contribution in [2.45, 2.75) is 32.9 Å². The Labute approximate surface area is 179 Å². The summed E-state index contributed by atoms with van der Waals surface area (Å²) < 4.78 is 15.8. The molecule has 4 aromatic rings. The Morgan fingerprint density at radius 1 is 1.10 bits per heavy atom. The molecule has 4 heterocycles. The quantitative estimate of drug-likeness (QED) is 0.528. The molecule has 156 valence electrons. The van der Waals surface area contributed by atoms with Crippen molar-refractivity contribution >= 4 is 34.6 Å². The van der Waals surface area contributed by atoms with Crippen LogP contribution in [0.5, 0.6) is 0 Å². The van der Waals surface area contributed by atoms with Crippen molar-refractivity contribution in [2.24, 2.45) is 0 Å². The monoisotopic (exact) mass is 427 g/mol. The van der Waals surface area contributed by atoms with Crippen molar-refractivity contribution < 1.29 is 4.39 Å². The van der Waals surface area contributed by atoms with Crippen molar-refractivity contribution in [3.05, 3.63) is 48.3 Å². The highest BCUT2D eigenvalue weighted by Crippen LogP contribution is 2.25. The number of halogens is 2. The van der Waals surface area contributed by atoms with Crippen LogP contribution in [-0.2, 0) is 0 Å². The van der Waals surface area contributed by atoms with Gasteiger partial charge in [-0.1, -0.05) is 0 Å². The molecule has 0 spiro atoms. The number of anilines is 1. The zero-order chi connectivity index (χ0) is 20.1. The third-order valence-electron chi connectivity index (χ3n) is 5.24. The molecular weight excluding hydrogens is 405 g/mol. The van der Waals surface area contributed by atoms with Gasteiger partial charge in [-0.15, -0.1) is 12.4 Å². The molecule has 2 atom stereocenters. The standard InChI is InChI=1S/C21H22FN7.ClH/c1-12-9-28(10-13(2)24-12)17-4-5-19-15(6-17)8-23-20(26-19)16-7-18(22)21-25-14(3)27-29(21)11-16;/h4-8,11-13,24H,9-10H2,1-3H3;1H/t12-,13-;/m0./s1. The van der Waals surface area contributed by atoms with Crippen LogP contribution in [0, 0.1) is 12.7 Å². The van der Waals surface area contributed by atoms with E-state index in [1.165, 1.54) is 16.3 Å². The van der Waals surface area contributed by atoms with Gasteiger partial charge in [0, 0.05) is 54.2 Å². The highest BCUT2D eigenvalue weighted by molar-refractivity contribution is 5.85. The number of fused-ring (bicyclic) bond motifs is 2. The lowest BCUT2D eigenvalue weighted by Crippen LogP contribution is -2.54. The Morgan fingerprint density at radius 2 is 1.87 bits per heavy atom. The lowest BCUT2D eigenvalue weighted by atomic mass is 10.1. The van der Waals surface area contributed by atoms with Crippen molar-refractivity contribution in [1.29, 1.82) is 0 Å². The molecule has 1 fully saturated rings. The van der Waals surface area contributed by atoms with Gasteiger partial charge in [0.1, 0.15) is 5.82 Å². The molecule has 1 aliphatic rings. The van der Waals surface area contributed by atoms with Gasteiger partial charge in [-0.05, 0) is 45.0 Å². The summed E-state index contributed by atoms with van der Waals surface area (Å²) in [6.45, 7) is 8.06. The highest BCUT2D eigenvalue weighted by Gasteiger charge is 2.21. The largest absolute Gasteiger partial charge is 0.368 e. The molecule has 0 radical (unpaired) electrons. The molecule has 0 aliphatic carbocycles. The van der Waals surface area contributed by atoms with Gasteiger partial charge >= 0.3 is 0 Å². The topological polar surface area (TPSA) is 71.2 Å². The van der Waals surface area contributed by atoms with E-state index >= 15 is 0 Å². The summed E-state index contributed by atoms with van der Waals surface area (Å²) in [7, 11) is 0. The second-order valence-electron chi connectivity index (χ2n) is 7.81. The van der Waals surface area contributed by atoms with Gasteiger partial charge < -0.3 is 10.2 Å². The Balaban J connectivity index is 0.00000218. The van der Waals surface area contributed by atoms with Gasteiger partial charge in [-0.25, -0.2) is 23.9 Å². The van der Waals surface area contributed by atoms with Crippen LogP contribution in [0.4, 0.5) is 10.1 Å². The molecule has 9 heteroatoms. The first kappa shape index (κ1) is 20.4. The Hall–Kier alpha value is -2.84. The van der Waals surface area contributed by atoms with Gasteiger partial charge in [0.15, 0.2) is 17.3 Å². The average molecular weight is 428 g/mol. The molecule has 1 N–H and O–H groups in total. The maximum Gasteiger partial charge on any atom is 0.191 e. The number of piperazine rings is 1. The number of aromatic nitrogens is 5. The number of rotatable bonds is 2. The second-order valence-corrected chi connectivity index (χ2v) is 7.81.